The average molecular weight is 477 g/mol. The molecule has 2 aromatic carbocycles. The normalized spacial score (nSPS) is 18.5. The Bertz CT molecular complexity index is 1070. The van der Waals surface area contributed by atoms with Gasteiger partial charge in [-0.2, -0.15) is 0 Å². The zero-order valence-corrected chi connectivity index (χ0v) is 19.5. The van der Waals surface area contributed by atoms with Gasteiger partial charge in [-0.25, -0.2) is 17.6 Å². The van der Waals surface area contributed by atoms with Crippen molar-refractivity contribution < 1.29 is 27.1 Å². The number of anilines is 1. The third-order valence-electron chi connectivity index (χ3n) is 5.59. The van der Waals surface area contributed by atoms with Crippen LogP contribution in [-0.2, 0) is 25.8 Å². The highest BCUT2D eigenvalue weighted by Gasteiger charge is 2.26. The Balaban J connectivity index is 1.48. The minimum atomic E-state index is -3.35. The van der Waals surface area contributed by atoms with Crippen LogP contribution in [0.3, 0.4) is 0 Å². The molecule has 2 aromatic rings. The summed E-state index contributed by atoms with van der Waals surface area (Å²) in [6.07, 6.45) is 2.00. The largest absolute Gasteiger partial charge is 0.446 e. The Kier molecular flexibility index (Phi) is 8.07. The van der Waals surface area contributed by atoms with Gasteiger partial charge in [0.15, 0.2) is 9.84 Å². The van der Waals surface area contributed by atoms with E-state index in [1.807, 2.05) is 0 Å². The van der Waals surface area contributed by atoms with E-state index in [1.165, 1.54) is 36.4 Å². The van der Waals surface area contributed by atoms with Gasteiger partial charge in [0, 0.05) is 18.2 Å². The average Bonchev–Trinajstić information content (AvgIpc) is 2.75. The Morgan fingerprint density at radius 2 is 1.73 bits per heavy atom. The van der Waals surface area contributed by atoms with Gasteiger partial charge in [-0.3, -0.25) is 10.1 Å². The Labute approximate surface area is 193 Å². The SMILES string of the molecule is CC(C)S(=O)(=O)c1ccc(CC(=O)N[C@H]2CCC[C@H](OC(=O)Nc3ccc(F)cc3)C2)cc1. The minimum absolute atomic E-state index is 0.115. The van der Waals surface area contributed by atoms with Gasteiger partial charge in [0.1, 0.15) is 11.9 Å². The first-order valence-corrected chi connectivity index (χ1v) is 12.5. The Morgan fingerprint density at radius 1 is 1.06 bits per heavy atom. The molecule has 2 N–H and O–H groups in total. The number of amides is 2. The van der Waals surface area contributed by atoms with Gasteiger partial charge in [-0.1, -0.05) is 12.1 Å². The van der Waals surface area contributed by atoms with E-state index in [1.54, 1.807) is 26.0 Å². The summed E-state index contributed by atoms with van der Waals surface area (Å²) in [7, 11) is -3.35. The smallest absolute Gasteiger partial charge is 0.411 e. The van der Waals surface area contributed by atoms with E-state index in [9.17, 15) is 22.4 Å². The van der Waals surface area contributed by atoms with Crippen molar-refractivity contribution in [3.05, 3.63) is 59.9 Å². The van der Waals surface area contributed by atoms with Crippen molar-refractivity contribution in [3.63, 3.8) is 0 Å². The van der Waals surface area contributed by atoms with Crippen molar-refractivity contribution in [1.29, 1.82) is 0 Å². The van der Waals surface area contributed by atoms with E-state index in [-0.39, 0.29) is 29.4 Å². The molecule has 0 unspecified atom stereocenters. The lowest BCUT2D eigenvalue weighted by atomic mass is 9.92. The molecule has 0 heterocycles. The maximum atomic E-state index is 13.0. The Morgan fingerprint density at radius 3 is 2.36 bits per heavy atom. The summed E-state index contributed by atoms with van der Waals surface area (Å²) in [6, 6.07) is 11.6. The third kappa shape index (κ3) is 7.02. The number of benzene rings is 2. The first-order chi connectivity index (χ1) is 15.6. The zero-order valence-electron chi connectivity index (χ0n) is 18.7. The second-order valence-electron chi connectivity index (χ2n) is 8.50. The van der Waals surface area contributed by atoms with E-state index in [0.29, 0.717) is 18.5 Å². The molecule has 0 bridgehead atoms. The standard InChI is InChI=1S/C24H29FN2O5S/c1-16(2)33(30,31)22-12-6-17(7-13-22)14-23(28)26-20-4-3-5-21(15-20)32-24(29)27-19-10-8-18(25)9-11-19/h6-13,16,20-21H,3-5,14-15H2,1-2H3,(H,26,28)(H,27,29)/t20-,21-/m0/s1. The fourth-order valence-electron chi connectivity index (χ4n) is 3.75. The second kappa shape index (κ2) is 10.8. The molecule has 1 aliphatic carbocycles. The molecule has 1 aliphatic rings. The van der Waals surface area contributed by atoms with Crippen LogP contribution in [0.25, 0.3) is 0 Å². The molecule has 0 aromatic heterocycles. The highest BCUT2D eigenvalue weighted by Crippen LogP contribution is 2.22. The lowest BCUT2D eigenvalue weighted by Gasteiger charge is -2.29. The van der Waals surface area contributed by atoms with Crippen LogP contribution in [-0.4, -0.2) is 37.8 Å². The number of carbonyl (C=O) groups is 2. The highest BCUT2D eigenvalue weighted by molar-refractivity contribution is 7.92. The number of hydrogen-bond acceptors (Lipinski definition) is 5. The summed E-state index contributed by atoms with van der Waals surface area (Å²) in [4.78, 5) is 24.9. The van der Waals surface area contributed by atoms with Crippen molar-refractivity contribution in [2.75, 3.05) is 5.32 Å². The number of ether oxygens (including phenoxy) is 1. The van der Waals surface area contributed by atoms with Gasteiger partial charge < -0.3 is 10.1 Å². The van der Waals surface area contributed by atoms with Crippen LogP contribution >= 0.6 is 0 Å². The summed E-state index contributed by atoms with van der Waals surface area (Å²) in [6.45, 7) is 3.26. The van der Waals surface area contributed by atoms with Crippen molar-refractivity contribution in [2.45, 2.75) is 68.2 Å². The van der Waals surface area contributed by atoms with Crippen LogP contribution in [0.4, 0.5) is 14.9 Å². The predicted molar refractivity (Wildman–Crippen MR) is 123 cm³/mol. The summed E-state index contributed by atoms with van der Waals surface area (Å²) in [5.41, 5.74) is 1.16. The fourth-order valence-corrected chi connectivity index (χ4v) is 4.81. The highest BCUT2D eigenvalue weighted by atomic mass is 32.2. The van der Waals surface area contributed by atoms with Crippen LogP contribution in [0.5, 0.6) is 0 Å². The van der Waals surface area contributed by atoms with Gasteiger partial charge >= 0.3 is 6.09 Å². The molecular weight excluding hydrogens is 447 g/mol. The fraction of sp³-hybridized carbons (Fsp3) is 0.417. The topological polar surface area (TPSA) is 102 Å². The van der Waals surface area contributed by atoms with Crippen LogP contribution < -0.4 is 10.6 Å². The first-order valence-electron chi connectivity index (χ1n) is 11.0. The maximum Gasteiger partial charge on any atom is 0.411 e. The minimum Gasteiger partial charge on any atom is -0.446 e. The lowest BCUT2D eigenvalue weighted by molar-refractivity contribution is -0.121. The zero-order chi connectivity index (χ0) is 24.0. The van der Waals surface area contributed by atoms with Gasteiger partial charge in [-0.05, 0) is 75.1 Å². The van der Waals surface area contributed by atoms with Gasteiger partial charge in [-0.15, -0.1) is 0 Å². The van der Waals surface area contributed by atoms with Gasteiger partial charge in [0.2, 0.25) is 5.91 Å². The number of rotatable bonds is 7. The van der Waals surface area contributed by atoms with Crippen LogP contribution in [0.15, 0.2) is 53.4 Å². The van der Waals surface area contributed by atoms with Crippen LogP contribution in [0.2, 0.25) is 0 Å². The van der Waals surface area contributed by atoms with Crippen molar-refractivity contribution in [1.82, 2.24) is 5.32 Å². The molecule has 2 atom stereocenters. The predicted octanol–water partition coefficient (Wildman–Crippen LogP) is 4.23. The molecule has 178 valence electrons. The van der Waals surface area contributed by atoms with Crippen molar-refractivity contribution in [2.24, 2.45) is 0 Å². The number of nitrogens with one attached hydrogen (secondary N) is 2. The van der Waals surface area contributed by atoms with E-state index in [2.05, 4.69) is 10.6 Å². The molecule has 33 heavy (non-hydrogen) atoms. The molecule has 0 aliphatic heterocycles. The van der Waals surface area contributed by atoms with Gasteiger partial charge in [0.25, 0.3) is 0 Å². The van der Waals surface area contributed by atoms with Crippen LogP contribution in [0.1, 0.15) is 45.1 Å². The molecular formula is C24H29FN2O5S. The molecule has 3 rings (SSSR count). The number of halogens is 1. The van der Waals surface area contributed by atoms with E-state index >= 15 is 0 Å². The van der Waals surface area contributed by atoms with Crippen LogP contribution in [0, 0.1) is 5.82 Å². The summed E-state index contributed by atoms with van der Waals surface area (Å²) in [5.74, 6) is -0.563. The quantitative estimate of drug-likeness (QED) is 0.623. The molecule has 0 saturated heterocycles. The van der Waals surface area contributed by atoms with E-state index in [0.717, 1.165) is 18.4 Å². The Hall–Kier alpha value is -2.94. The monoisotopic (exact) mass is 476 g/mol. The summed E-state index contributed by atoms with van der Waals surface area (Å²) >= 11 is 0. The first kappa shape index (κ1) is 24.7. The summed E-state index contributed by atoms with van der Waals surface area (Å²) < 4.78 is 42.9. The maximum absolute atomic E-state index is 13.0. The molecule has 1 fully saturated rings. The molecule has 9 heteroatoms. The molecule has 0 radical (unpaired) electrons. The molecule has 0 spiro atoms. The molecule has 1 saturated carbocycles. The number of carbonyl (C=O) groups excluding carboxylic acids is 2. The third-order valence-corrected chi connectivity index (χ3v) is 7.76. The molecule has 2 amide bonds. The van der Waals surface area contributed by atoms with E-state index in [4.69, 9.17) is 4.74 Å². The lowest BCUT2D eigenvalue weighted by Crippen LogP contribution is -2.41. The van der Waals surface area contributed by atoms with E-state index < -0.39 is 27.0 Å². The number of hydrogen-bond donors (Lipinski definition) is 2. The summed E-state index contributed by atoms with van der Waals surface area (Å²) in [5, 5.41) is 5.04. The van der Waals surface area contributed by atoms with Gasteiger partial charge in [0.05, 0.1) is 16.6 Å². The second-order valence-corrected chi connectivity index (χ2v) is 11.0. The molecule has 7 nitrogen and oxygen atoms in total. The van der Waals surface area contributed by atoms with Crippen molar-refractivity contribution in [3.8, 4) is 0 Å². The van der Waals surface area contributed by atoms with Crippen molar-refractivity contribution >= 4 is 27.5 Å². The number of sulfone groups is 1.